The molecule has 5 heteroatoms. The Kier molecular flexibility index (Phi) is 3.45. The summed E-state index contributed by atoms with van der Waals surface area (Å²) in [6.07, 6.45) is 0. The summed E-state index contributed by atoms with van der Waals surface area (Å²) in [5.74, 6) is 0.388. The molecule has 0 bridgehead atoms. The molecule has 21 heavy (non-hydrogen) atoms. The molecule has 0 aliphatic carbocycles. The van der Waals surface area contributed by atoms with Crippen LogP contribution < -0.4 is 5.73 Å². The van der Waals surface area contributed by atoms with Crippen molar-refractivity contribution >= 4 is 32.7 Å². The number of nitrogens with zero attached hydrogens (tertiary/aromatic N) is 2. The molecule has 2 N–H and O–H groups in total. The SMILES string of the molecule is CC(C)n1c(-c2ccc(F)c(N)c2)nc2cc(Br)ccc21. The average Bonchev–Trinajstić information content (AvgIpc) is 2.80. The molecule has 0 unspecified atom stereocenters. The number of hydrogen-bond donors (Lipinski definition) is 1. The van der Waals surface area contributed by atoms with Crippen LogP contribution in [-0.4, -0.2) is 9.55 Å². The molecule has 0 atom stereocenters. The van der Waals surface area contributed by atoms with Gasteiger partial charge in [-0.2, -0.15) is 0 Å². The Hall–Kier alpha value is -1.88. The topological polar surface area (TPSA) is 43.8 Å². The molecule has 0 radical (unpaired) electrons. The number of aromatic nitrogens is 2. The number of benzene rings is 2. The van der Waals surface area contributed by atoms with Gasteiger partial charge in [0.1, 0.15) is 11.6 Å². The average molecular weight is 348 g/mol. The van der Waals surface area contributed by atoms with Gasteiger partial charge in [0.25, 0.3) is 0 Å². The number of imidazole rings is 1. The Labute approximate surface area is 130 Å². The summed E-state index contributed by atoms with van der Waals surface area (Å²) in [5, 5.41) is 0. The van der Waals surface area contributed by atoms with Crippen molar-refractivity contribution in [1.82, 2.24) is 9.55 Å². The Bertz CT molecular complexity index is 824. The van der Waals surface area contributed by atoms with E-state index in [0.717, 1.165) is 26.9 Å². The Balaban J connectivity index is 2.30. The molecule has 1 aromatic heterocycles. The van der Waals surface area contributed by atoms with Gasteiger partial charge in [-0.3, -0.25) is 0 Å². The van der Waals surface area contributed by atoms with E-state index in [2.05, 4.69) is 34.3 Å². The van der Waals surface area contributed by atoms with Gasteiger partial charge in [-0.05, 0) is 50.2 Å². The third-order valence-corrected chi connectivity index (χ3v) is 3.92. The van der Waals surface area contributed by atoms with Crippen LogP contribution in [0.4, 0.5) is 10.1 Å². The molecule has 2 aromatic carbocycles. The molecule has 0 aliphatic heterocycles. The van der Waals surface area contributed by atoms with Crippen molar-refractivity contribution in [1.29, 1.82) is 0 Å². The summed E-state index contributed by atoms with van der Waals surface area (Å²) >= 11 is 3.46. The molecule has 1 heterocycles. The predicted molar refractivity (Wildman–Crippen MR) is 87.6 cm³/mol. The van der Waals surface area contributed by atoms with E-state index >= 15 is 0 Å². The van der Waals surface area contributed by atoms with Crippen LogP contribution >= 0.6 is 15.9 Å². The normalized spacial score (nSPS) is 11.5. The Morgan fingerprint density at radius 1 is 1.19 bits per heavy atom. The highest BCUT2D eigenvalue weighted by atomic mass is 79.9. The van der Waals surface area contributed by atoms with Crippen molar-refractivity contribution in [3.8, 4) is 11.4 Å². The van der Waals surface area contributed by atoms with E-state index in [4.69, 9.17) is 10.7 Å². The first kappa shape index (κ1) is 14.1. The van der Waals surface area contributed by atoms with E-state index in [1.165, 1.54) is 6.07 Å². The number of fused-ring (bicyclic) bond motifs is 1. The van der Waals surface area contributed by atoms with Crippen LogP contribution in [0, 0.1) is 5.82 Å². The molecular weight excluding hydrogens is 333 g/mol. The second-order valence-electron chi connectivity index (χ2n) is 5.27. The molecule has 0 saturated heterocycles. The smallest absolute Gasteiger partial charge is 0.146 e. The van der Waals surface area contributed by atoms with Crippen LogP contribution in [-0.2, 0) is 0 Å². The lowest BCUT2D eigenvalue weighted by atomic mass is 10.1. The zero-order valence-electron chi connectivity index (χ0n) is 11.8. The maximum atomic E-state index is 13.4. The minimum Gasteiger partial charge on any atom is -0.396 e. The van der Waals surface area contributed by atoms with Gasteiger partial charge in [-0.25, -0.2) is 9.37 Å². The molecule has 3 rings (SSSR count). The zero-order chi connectivity index (χ0) is 15.1. The van der Waals surface area contributed by atoms with Gasteiger partial charge in [0.15, 0.2) is 0 Å². The Morgan fingerprint density at radius 2 is 1.95 bits per heavy atom. The van der Waals surface area contributed by atoms with E-state index in [0.29, 0.717) is 0 Å². The monoisotopic (exact) mass is 347 g/mol. The molecule has 0 spiro atoms. The lowest BCUT2D eigenvalue weighted by molar-refractivity contribution is 0.623. The van der Waals surface area contributed by atoms with Crippen molar-refractivity contribution in [2.24, 2.45) is 0 Å². The summed E-state index contributed by atoms with van der Waals surface area (Å²) in [6, 6.07) is 11.0. The quantitative estimate of drug-likeness (QED) is 0.678. The second kappa shape index (κ2) is 5.15. The van der Waals surface area contributed by atoms with Gasteiger partial charge < -0.3 is 10.3 Å². The molecule has 0 aliphatic rings. The molecule has 0 saturated carbocycles. The number of nitrogens with two attached hydrogens (primary N) is 1. The lowest BCUT2D eigenvalue weighted by Crippen LogP contribution is -2.03. The maximum absolute atomic E-state index is 13.4. The first-order chi connectivity index (χ1) is 9.97. The summed E-state index contributed by atoms with van der Waals surface area (Å²) in [7, 11) is 0. The minimum atomic E-state index is -0.409. The van der Waals surface area contributed by atoms with Gasteiger partial charge in [-0.1, -0.05) is 15.9 Å². The summed E-state index contributed by atoms with van der Waals surface area (Å²) in [4.78, 5) is 4.69. The standard InChI is InChI=1S/C16H15BrFN3/c1-9(2)21-15-6-4-11(17)8-14(15)20-16(21)10-3-5-12(18)13(19)7-10/h3-9H,19H2,1-2H3. The summed E-state index contributed by atoms with van der Waals surface area (Å²) in [6.45, 7) is 4.19. The Morgan fingerprint density at radius 3 is 2.62 bits per heavy atom. The van der Waals surface area contributed by atoms with Crippen molar-refractivity contribution in [2.75, 3.05) is 5.73 Å². The van der Waals surface area contributed by atoms with E-state index in [9.17, 15) is 4.39 Å². The number of rotatable bonds is 2. The van der Waals surface area contributed by atoms with Crippen LogP contribution in [0.5, 0.6) is 0 Å². The van der Waals surface area contributed by atoms with Crippen molar-refractivity contribution in [2.45, 2.75) is 19.9 Å². The number of hydrogen-bond acceptors (Lipinski definition) is 2. The van der Waals surface area contributed by atoms with E-state index < -0.39 is 5.82 Å². The lowest BCUT2D eigenvalue weighted by Gasteiger charge is -2.13. The van der Waals surface area contributed by atoms with Crippen LogP contribution in [0.25, 0.3) is 22.4 Å². The fraction of sp³-hybridized carbons (Fsp3) is 0.188. The zero-order valence-corrected chi connectivity index (χ0v) is 13.4. The van der Waals surface area contributed by atoms with Crippen LogP contribution in [0.2, 0.25) is 0 Å². The van der Waals surface area contributed by atoms with Gasteiger partial charge in [0.05, 0.1) is 16.7 Å². The summed E-state index contributed by atoms with van der Waals surface area (Å²) < 4.78 is 16.5. The molecule has 108 valence electrons. The van der Waals surface area contributed by atoms with Gasteiger partial charge in [-0.15, -0.1) is 0 Å². The number of anilines is 1. The van der Waals surface area contributed by atoms with E-state index in [1.807, 2.05) is 18.2 Å². The maximum Gasteiger partial charge on any atom is 0.146 e. The van der Waals surface area contributed by atoms with Crippen molar-refractivity contribution in [3.63, 3.8) is 0 Å². The fourth-order valence-electron chi connectivity index (χ4n) is 2.48. The molecule has 0 amide bonds. The van der Waals surface area contributed by atoms with E-state index in [1.54, 1.807) is 12.1 Å². The summed E-state index contributed by atoms with van der Waals surface area (Å²) in [5.41, 5.74) is 8.58. The van der Waals surface area contributed by atoms with Crippen LogP contribution in [0.1, 0.15) is 19.9 Å². The third kappa shape index (κ3) is 2.42. The number of halogens is 2. The van der Waals surface area contributed by atoms with Gasteiger partial charge >= 0.3 is 0 Å². The number of nitrogen functional groups attached to an aromatic ring is 1. The van der Waals surface area contributed by atoms with Gasteiger partial charge in [0.2, 0.25) is 0 Å². The molecule has 0 fully saturated rings. The van der Waals surface area contributed by atoms with Crippen molar-refractivity contribution < 1.29 is 4.39 Å². The predicted octanol–water partition coefficient (Wildman–Crippen LogP) is 4.77. The third-order valence-electron chi connectivity index (χ3n) is 3.42. The highest BCUT2D eigenvalue weighted by Crippen LogP contribution is 2.31. The van der Waals surface area contributed by atoms with Gasteiger partial charge in [0, 0.05) is 16.1 Å². The first-order valence-corrected chi connectivity index (χ1v) is 7.49. The fourth-order valence-corrected chi connectivity index (χ4v) is 2.83. The molecular formula is C16H15BrFN3. The van der Waals surface area contributed by atoms with E-state index in [-0.39, 0.29) is 11.7 Å². The second-order valence-corrected chi connectivity index (χ2v) is 6.18. The molecule has 3 nitrogen and oxygen atoms in total. The minimum absolute atomic E-state index is 0.135. The largest absolute Gasteiger partial charge is 0.396 e. The molecule has 3 aromatic rings. The van der Waals surface area contributed by atoms with Crippen molar-refractivity contribution in [3.05, 3.63) is 46.7 Å². The highest BCUT2D eigenvalue weighted by molar-refractivity contribution is 9.10. The van der Waals surface area contributed by atoms with Crippen LogP contribution in [0.15, 0.2) is 40.9 Å². The highest BCUT2D eigenvalue weighted by Gasteiger charge is 2.16. The van der Waals surface area contributed by atoms with Crippen LogP contribution in [0.3, 0.4) is 0 Å². The first-order valence-electron chi connectivity index (χ1n) is 6.70.